The number of aryl methyl sites for hydroxylation is 2. The Hall–Kier alpha value is -2.40. The Morgan fingerprint density at radius 3 is 2.46 bits per heavy atom. The van der Waals surface area contributed by atoms with Gasteiger partial charge in [-0.3, -0.25) is 4.79 Å². The number of hydrogen-bond donors (Lipinski definition) is 1. The maximum atomic E-state index is 12.7. The molecule has 3 aromatic rings. The molecule has 0 spiro atoms. The number of hydrogen-bond acceptors (Lipinski definition) is 4. The summed E-state index contributed by atoms with van der Waals surface area (Å²) in [5.74, 6) is 1.41. The number of nitrogens with one attached hydrogen (secondary N) is 1. The fourth-order valence-corrected chi connectivity index (χ4v) is 3.45. The summed E-state index contributed by atoms with van der Waals surface area (Å²) < 4.78 is 5.60. The van der Waals surface area contributed by atoms with E-state index < -0.39 is 5.54 Å². The number of aromatic nitrogens is 1. The minimum Gasteiger partial charge on any atom is -0.459 e. The lowest BCUT2D eigenvalue weighted by Crippen LogP contribution is -2.40. The van der Waals surface area contributed by atoms with E-state index in [9.17, 15) is 4.79 Å². The number of furan rings is 1. The Morgan fingerprint density at radius 1 is 1.12 bits per heavy atom. The Bertz CT molecular complexity index is 863. The number of benzene rings is 1. The van der Waals surface area contributed by atoms with Crippen molar-refractivity contribution >= 4 is 17.2 Å². The summed E-state index contributed by atoms with van der Waals surface area (Å²) >= 11 is 1.35. The molecule has 0 unspecified atom stereocenters. The van der Waals surface area contributed by atoms with E-state index in [1.165, 1.54) is 11.3 Å². The maximum Gasteiger partial charge on any atom is 0.263 e. The van der Waals surface area contributed by atoms with E-state index in [1.807, 2.05) is 70.2 Å². The molecule has 3 rings (SSSR count). The zero-order valence-corrected chi connectivity index (χ0v) is 15.0. The van der Waals surface area contributed by atoms with Crippen LogP contribution in [0.2, 0.25) is 0 Å². The maximum absolute atomic E-state index is 12.7. The first-order chi connectivity index (χ1) is 11.4. The van der Waals surface area contributed by atoms with Gasteiger partial charge >= 0.3 is 0 Å². The summed E-state index contributed by atoms with van der Waals surface area (Å²) in [5, 5.41) is 3.83. The fourth-order valence-electron chi connectivity index (χ4n) is 2.53. The van der Waals surface area contributed by atoms with Crippen LogP contribution >= 0.6 is 11.3 Å². The monoisotopic (exact) mass is 340 g/mol. The quantitative estimate of drug-likeness (QED) is 0.750. The second kappa shape index (κ2) is 6.24. The van der Waals surface area contributed by atoms with Crippen molar-refractivity contribution in [2.24, 2.45) is 0 Å². The average molecular weight is 340 g/mol. The first-order valence-corrected chi connectivity index (χ1v) is 8.61. The molecular formula is C19H20N2O2S. The van der Waals surface area contributed by atoms with Crippen LogP contribution in [0, 0.1) is 13.8 Å². The summed E-state index contributed by atoms with van der Waals surface area (Å²) in [6, 6.07) is 13.7. The third-order valence-electron chi connectivity index (χ3n) is 3.88. The van der Waals surface area contributed by atoms with Crippen molar-refractivity contribution in [2.75, 3.05) is 0 Å². The van der Waals surface area contributed by atoms with Crippen molar-refractivity contribution in [1.82, 2.24) is 10.3 Å². The Labute approximate surface area is 145 Å². The standard InChI is InChI=1S/C19H20N2O2S/c1-12-10-11-15(23-12)18-20-13(2)16(24-18)17(22)21-19(3,4)14-8-6-5-7-9-14/h5-11H,1-4H3,(H,21,22). The lowest BCUT2D eigenvalue weighted by molar-refractivity contribution is 0.0915. The minimum atomic E-state index is -0.462. The molecular weight excluding hydrogens is 320 g/mol. The molecule has 124 valence electrons. The van der Waals surface area contributed by atoms with Crippen molar-refractivity contribution in [3.05, 3.63) is 64.4 Å². The zero-order valence-electron chi connectivity index (χ0n) is 14.2. The van der Waals surface area contributed by atoms with Gasteiger partial charge in [0.05, 0.1) is 11.2 Å². The molecule has 1 amide bonds. The van der Waals surface area contributed by atoms with E-state index in [0.717, 1.165) is 16.3 Å². The summed E-state index contributed by atoms with van der Waals surface area (Å²) in [7, 11) is 0. The normalized spacial score (nSPS) is 11.5. The molecule has 0 aliphatic carbocycles. The van der Waals surface area contributed by atoms with Gasteiger partial charge in [0.2, 0.25) is 0 Å². The second-order valence-corrected chi connectivity index (χ2v) is 7.29. The molecule has 2 aromatic heterocycles. The smallest absolute Gasteiger partial charge is 0.263 e. The highest BCUT2D eigenvalue weighted by molar-refractivity contribution is 7.17. The predicted octanol–water partition coefficient (Wildman–Crippen LogP) is 4.69. The Morgan fingerprint density at radius 2 is 1.83 bits per heavy atom. The number of nitrogens with zero attached hydrogens (tertiary/aromatic N) is 1. The molecule has 1 aromatic carbocycles. The van der Waals surface area contributed by atoms with Gasteiger partial charge in [0.25, 0.3) is 5.91 Å². The number of thiazole rings is 1. The van der Waals surface area contributed by atoms with Crippen LogP contribution in [0.4, 0.5) is 0 Å². The molecule has 0 bridgehead atoms. The largest absolute Gasteiger partial charge is 0.459 e. The summed E-state index contributed by atoms with van der Waals surface area (Å²) in [4.78, 5) is 17.8. The van der Waals surface area contributed by atoms with Gasteiger partial charge in [-0.2, -0.15) is 0 Å². The van der Waals surface area contributed by atoms with Crippen molar-refractivity contribution in [2.45, 2.75) is 33.2 Å². The second-order valence-electron chi connectivity index (χ2n) is 6.29. The molecule has 5 heteroatoms. The highest BCUT2D eigenvalue weighted by Gasteiger charge is 2.26. The van der Waals surface area contributed by atoms with Crippen LogP contribution in [0.15, 0.2) is 46.9 Å². The summed E-state index contributed by atoms with van der Waals surface area (Å²) in [5.41, 5.74) is 1.31. The lowest BCUT2D eigenvalue weighted by Gasteiger charge is -2.26. The van der Waals surface area contributed by atoms with Crippen molar-refractivity contribution < 1.29 is 9.21 Å². The minimum absolute atomic E-state index is 0.117. The van der Waals surface area contributed by atoms with Crippen LogP contribution < -0.4 is 5.32 Å². The number of carbonyl (C=O) groups excluding carboxylic acids is 1. The Balaban J connectivity index is 1.84. The number of amides is 1. The Kier molecular flexibility index (Phi) is 4.28. The molecule has 0 fully saturated rings. The van der Waals surface area contributed by atoms with E-state index in [0.29, 0.717) is 16.3 Å². The third-order valence-corrected chi connectivity index (χ3v) is 5.05. The molecule has 2 heterocycles. The van der Waals surface area contributed by atoms with E-state index in [4.69, 9.17) is 4.42 Å². The van der Waals surface area contributed by atoms with Gasteiger partial charge in [-0.1, -0.05) is 30.3 Å². The summed E-state index contributed by atoms with van der Waals surface area (Å²) in [6.07, 6.45) is 0. The zero-order chi connectivity index (χ0) is 17.3. The van der Waals surface area contributed by atoms with Crippen LogP contribution in [0.5, 0.6) is 0 Å². The van der Waals surface area contributed by atoms with Gasteiger partial charge in [-0.15, -0.1) is 11.3 Å². The molecule has 0 aliphatic heterocycles. The van der Waals surface area contributed by atoms with Gasteiger partial charge in [0, 0.05) is 0 Å². The first kappa shape index (κ1) is 16.5. The molecule has 0 saturated heterocycles. The SMILES string of the molecule is Cc1ccc(-c2nc(C)c(C(=O)NC(C)(C)c3ccccc3)s2)o1. The van der Waals surface area contributed by atoms with E-state index in [2.05, 4.69) is 10.3 Å². The van der Waals surface area contributed by atoms with E-state index in [1.54, 1.807) is 0 Å². The van der Waals surface area contributed by atoms with E-state index >= 15 is 0 Å². The molecule has 0 saturated carbocycles. The summed E-state index contributed by atoms with van der Waals surface area (Å²) in [6.45, 7) is 7.72. The van der Waals surface area contributed by atoms with Crippen molar-refractivity contribution in [3.8, 4) is 10.8 Å². The lowest BCUT2D eigenvalue weighted by atomic mass is 9.94. The van der Waals surface area contributed by atoms with Gasteiger partial charge in [-0.05, 0) is 45.4 Å². The average Bonchev–Trinajstić information content (AvgIpc) is 3.13. The molecule has 0 radical (unpaired) electrons. The van der Waals surface area contributed by atoms with Crippen LogP contribution in [0.3, 0.4) is 0 Å². The van der Waals surface area contributed by atoms with Gasteiger partial charge in [-0.25, -0.2) is 4.98 Å². The van der Waals surface area contributed by atoms with Crippen LogP contribution in [-0.2, 0) is 5.54 Å². The van der Waals surface area contributed by atoms with Gasteiger partial charge in [0.1, 0.15) is 10.6 Å². The molecule has 24 heavy (non-hydrogen) atoms. The van der Waals surface area contributed by atoms with Crippen LogP contribution in [-0.4, -0.2) is 10.9 Å². The topological polar surface area (TPSA) is 55.1 Å². The number of rotatable bonds is 4. The highest BCUT2D eigenvalue weighted by Crippen LogP contribution is 2.30. The van der Waals surface area contributed by atoms with Crippen LogP contribution in [0.25, 0.3) is 10.8 Å². The molecule has 1 N–H and O–H groups in total. The molecule has 0 aliphatic rings. The van der Waals surface area contributed by atoms with Crippen molar-refractivity contribution in [1.29, 1.82) is 0 Å². The van der Waals surface area contributed by atoms with Crippen LogP contribution in [0.1, 0.15) is 40.5 Å². The fraction of sp³-hybridized carbons (Fsp3) is 0.263. The van der Waals surface area contributed by atoms with Gasteiger partial charge < -0.3 is 9.73 Å². The van der Waals surface area contributed by atoms with Crippen molar-refractivity contribution in [3.63, 3.8) is 0 Å². The molecule has 4 nitrogen and oxygen atoms in total. The molecule has 0 atom stereocenters. The number of carbonyl (C=O) groups is 1. The van der Waals surface area contributed by atoms with E-state index in [-0.39, 0.29) is 5.91 Å². The first-order valence-electron chi connectivity index (χ1n) is 7.79. The highest BCUT2D eigenvalue weighted by atomic mass is 32.1. The predicted molar refractivity (Wildman–Crippen MR) is 96.2 cm³/mol. The third kappa shape index (κ3) is 3.26. The van der Waals surface area contributed by atoms with Gasteiger partial charge in [0.15, 0.2) is 10.8 Å².